The van der Waals surface area contributed by atoms with Gasteiger partial charge in [-0.05, 0) is 24.1 Å². The molecule has 1 saturated heterocycles. The van der Waals surface area contributed by atoms with Crippen LogP contribution in [0.3, 0.4) is 0 Å². The molecule has 0 saturated carbocycles. The summed E-state index contributed by atoms with van der Waals surface area (Å²) in [6, 6.07) is 6.89. The molecule has 1 aromatic rings. The lowest BCUT2D eigenvalue weighted by molar-refractivity contribution is -0.120. The van der Waals surface area contributed by atoms with Crippen molar-refractivity contribution in [1.82, 2.24) is 5.32 Å². The van der Waals surface area contributed by atoms with Crippen LogP contribution in [-0.2, 0) is 4.79 Å². The molecule has 1 heterocycles. The van der Waals surface area contributed by atoms with Crippen LogP contribution < -0.4 is 5.32 Å². The standard InChI is InChI=1S/C10H11NO2/c12-8-3-1-2-7(6-8)9-4-5-11-10(9)13/h1-3,6,9,12H,4-5H2,(H,11,13). The van der Waals surface area contributed by atoms with E-state index in [1.807, 2.05) is 6.07 Å². The summed E-state index contributed by atoms with van der Waals surface area (Å²) < 4.78 is 0. The van der Waals surface area contributed by atoms with Crippen LogP contribution in [-0.4, -0.2) is 17.6 Å². The Hall–Kier alpha value is -1.51. The highest BCUT2D eigenvalue weighted by atomic mass is 16.3. The molecule has 3 nitrogen and oxygen atoms in total. The summed E-state index contributed by atoms with van der Waals surface area (Å²) >= 11 is 0. The number of benzene rings is 1. The van der Waals surface area contributed by atoms with Gasteiger partial charge in [-0.3, -0.25) is 4.79 Å². The topological polar surface area (TPSA) is 49.3 Å². The number of nitrogens with one attached hydrogen (secondary N) is 1. The van der Waals surface area contributed by atoms with Gasteiger partial charge in [0.1, 0.15) is 5.75 Å². The highest BCUT2D eigenvalue weighted by Gasteiger charge is 2.25. The van der Waals surface area contributed by atoms with E-state index in [0.717, 1.165) is 18.5 Å². The Morgan fingerprint density at radius 1 is 1.46 bits per heavy atom. The molecule has 3 heteroatoms. The second-order valence-corrected chi connectivity index (χ2v) is 3.23. The molecule has 0 spiro atoms. The highest BCUT2D eigenvalue weighted by molar-refractivity contribution is 5.85. The first-order chi connectivity index (χ1) is 6.27. The molecule has 2 rings (SSSR count). The molecule has 0 aromatic heterocycles. The van der Waals surface area contributed by atoms with E-state index in [1.165, 1.54) is 0 Å². The Morgan fingerprint density at radius 2 is 2.31 bits per heavy atom. The van der Waals surface area contributed by atoms with E-state index in [9.17, 15) is 9.90 Å². The molecule has 0 radical (unpaired) electrons. The molecule has 0 aliphatic carbocycles. The number of carbonyl (C=O) groups is 1. The van der Waals surface area contributed by atoms with Crippen LogP contribution >= 0.6 is 0 Å². The molecular formula is C10H11NO2. The maximum absolute atomic E-state index is 11.3. The quantitative estimate of drug-likeness (QED) is 0.672. The van der Waals surface area contributed by atoms with E-state index in [2.05, 4.69) is 5.32 Å². The van der Waals surface area contributed by atoms with Crippen molar-refractivity contribution < 1.29 is 9.90 Å². The highest BCUT2D eigenvalue weighted by Crippen LogP contribution is 2.25. The third kappa shape index (κ3) is 1.49. The minimum Gasteiger partial charge on any atom is -0.508 e. The third-order valence-corrected chi connectivity index (χ3v) is 2.32. The molecule has 1 aliphatic rings. The number of rotatable bonds is 1. The molecule has 1 amide bonds. The fourth-order valence-corrected chi connectivity index (χ4v) is 1.65. The van der Waals surface area contributed by atoms with Crippen molar-refractivity contribution in [3.63, 3.8) is 0 Å². The maximum Gasteiger partial charge on any atom is 0.227 e. The van der Waals surface area contributed by atoms with Crippen molar-refractivity contribution in [2.75, 3.05) is 6.54 Å². The molecule has 1 unspecified atom stereocenters. The van der Waals surface area contributed by atoms with Crippen LogP contribution in [0.5, 0.6) is 5.75 Å². The monoisotopic (exact) mass is 177 g/mol. The lowest BCUT2D eigenvalue weighted by atomic mass is 9.98. The molecule has 1 aliphatic heterocycles. The molecule has 13 heavy (non-hydrogen) atoms. The first-order valence-electron chi connectivity index (χ1n) is 4.34. The number of hydrogen-bond acceptors (Lipinski definition) is 2. The van der Waals surface area contributed by atoms with E-state index >= 15 is 0 Å². The van der Waals surface area contributed by atoms with Gasteiger partial charge in [-0.15, -0.1) is 0 Å². The van der Waals surface area contributed by atoms with E-state index in [4.69, 9.17) is 0 Å². The molecule has 1 aromatic carbocycles. The largest absolute Gasteiger partial charge is 0.508 e. The summed E-state index contributed by atoms with van der Waals surface area (Å²) in [6.07, 6.45) is 0.822. The van der Waals surface area contributed by atoms with Gasteiger partial charge in [0.25, 0.3) is 0 Å². The lowest BCUT2D eigenvalue weighted by Gasteiger charge is -2.06. The fourth-order valence-electron chi connectivity index (χ4n) is 1.65. The van der Waals surface area contributed by atoms with Gasteiger partial charge in [0.05, 0.1) is 5.92 Å². The number of carbonyl (C=O) groups excluding carboxylic acids is 1. The predicted octanol–water partition coefficient (Wildman–Crippen LogP) is 0.996. The average molecular weight is 177 g/mol. The summed E-state index contributed by atoms with van der Waals surface area (Å²) in [4.78, 5) is 11.3. The first-order valence-corrected chi connectivity index (χ1v) is 4.34. The Kier molecular flexibility index (Phi) is 1.93. The van der Waals surface area contributed by atoms with Crippen molar-refractivity contribution in [3.8, 4) is 5.75 Å². The van der Waals surface area contributed by atoms with Gasteiger partial charge in [0, 0.05) is 6.54 Å². The zero-order valence-corrected chi connectivity index (χ0v) is 7.16. The minimum atomic E-state index is -0.0768. The minimum absolute atomic E-state index is 0.0607. The van der Waals surface area contributed by atoms with E-state index in [0.29, 0.717) is 0 Å². The Balaban J connectivity index is 2.29. The van der Waals surface area contributed by atoms with Crippen molar-refractivity contribution in [2.45, 2.75) is 12.3 Å². The molecule has 1 fully saturated rings. The Morgan fingerprint density at radius 3 is 2.92 bits per heavy atom. The number of amides is 1. The van der Waals surface area contributed by atoms with Crippen LogP contribution in [0.25, 0.3) is 0 Å². The van der Waals surface area contributed by atoms with Crippen LogP contribution in [0, 0.1) is 0 Å². The summed E-state index contributed by atoms with van der Waals surface area (Å²) in [7, 11) is 0. The predicted molar refractivity (Wildman–Crippen MR) is 48.5 cm³/mol. The van der Waals surface area contributed by atoms with Crippen molar-refractivity contribution in [2.24, 2.45) is 0 Å². The van der Waals surface area contributed by atoms with Crippen molar-refractivity contribution in [1.29, 1.82) is 0 Å². The maximum atomic E-state index is 11.3. The average Bonchev–Trinajstić information content (AvgIpc) is 2.51. The number of aromatic hydroxyl groups is 1. The second-order valence-electron chi connectivity index (χ2n) is 3.23. The van der Waals surface area contributed by atoms with Gasteiger partial charge in [0.15, 0.2) is 0 Å². The molecule has 1 atom stereocenters. The summed E-state index contributed by atoms with van der Waals surface area (Å²) in [5, 5.41) is 12.0. The van der Waals surface area contributed by atoms with Crippen LogP contribution in [0.2, 0.25) is 0 Å². The van der Waals surface area contributed by atoms with Gasteiger partial charge in [-0.25, -0.2) is 0 Å². The number of hydrogen-bond donors (Lipinski definition) is 2. The van der Waals surface area contributed by atoms with E-state index in [1.54, 1.807) is 18.2 Å². The SMILES string of the molecule is O=C1NCCC1c1cccc(O)c1. The Bertz CT molecular complexity index is 335. The van der Waals surface area contributed by atoms with Gasteiger partial charge in [0.2, 0.25) is 5.91 Å². The van der Waals surface area contributed by atoms with Crippen molar-refractivity contribution in [3.05, 3.63) is 29.8 Å². The normalized spacial score (nSPS) is 21.5. The van der Waals surface area contributed by atoms with Crippen LogP contribution in [0.1, 0.15) is 17.9 Å². The smallest absolute Gasteiger partial charge is 0.227 e. The lowest BCUT2D eigenvalue weighted by Crippen LogP contribution is -2.17. The number of phenolic OH excluding ortho intramolecular Hbond substituents is 1. The molecule has 2 N–H and O–H groups in total. The van der Waals surface area contributed by atoms with E-state index in [-0.39, 0.29) is 17.6 Å². The zero-order valence-electron chi connectivity index (χ0n) is 7.16. The third-order valence-electron chi connectivity index (χ3n) is 2.32. The summed E-state index contributed by atoms with van der Waals surface area (Å²) in [5.74, 6) is 0.204. The molecule has 0 bridgehead atoms. The molecular weight excluding hydrogens is 166 g/mol. The molecule has 68 valence electrons. The zero-order chi connectivity index (χ0) is 9.26. The van der Waals surface area contributed by atoms with Gasteiger partial charge < -0.3 is 10.4 Å². The van der Waals surface area contributed by atoms with Crippen molar-refractivity contribution >= 4 is 5.91 Å². The fraction of sp³-hybridized carbons (Fsp3) is 0.300. The number of phenols is 1. The van der Waals surface area contributed by atoms with Gasteiger partial charge in [-0.1, -0.05) is 12.1 Å². The van der Waals surface area contributed by atoms with Gasteiger partial charge in [-0.2, -0.15) is 0 Å². The van der Waals surface area contributed by atoms with Gasteiger partial charge >= 0.3 is 0 Å². The Labute approximate surface area is 76.4 Å². The second kappa shape index (κ2) is 3.09. The summed E-state index contributed by atoms with van der Waals surface area (Å²) in [6.45, 7) is 0.735. The van der Waals surface area contributed by atoms with Crippen LogP contribution in [0.4, 0.5) is 0 Å². The first kappa shape index (κ1) is 8.10. The van der Waals surface area contributed by atoms with Crippen LogP contribution in [0.15, 0.2) is 24.3 Å². The van der Waals surface area contributed by atoms with E-state index < -0.39 is 0 Å². The summed E-state index contributed by atoms with van der Waals surface area (Å²) in [5.41, 5.74) is 0.898.